The first-order chi connectivity index (χ1) is 18.0. The van der Waals surface area contributed by atoms with Gasteiger partial charge in [0.2, 0.25) is 11.8 Å². The number of carbonyl (C=O) groups is 1. The summed E-state index contributed by atoms with van der Waals surface area (Å²) in [5, 5.41) is 3.13. The molecule has 2 heterocycles. The number of hydrogen-bond donors (Lipinski definition) is 1. The van der Waals surface area contributed by atoms with Crippen molar-refractivity contribution in [2.24, 2.45) is 5.92 Å². The fourth-order valence-corrected chi connectivity index (χ4v) is 5.01. The zero-order valence-corrected chi connectivity index (χ0v) is 23.5. The van der Waals surface area contributed by atoms with Crippen LogP contribution in [-0.4, -0.2) is 48.6 Å². The van der Waals surface area contributed by atoms with E-state index >= 15 is 0 Å². The first kappa shape index (κ1) is 27.2. The van der Waals surface area contributed by atoms with Crippen LogP contribution >= 0.6 is 15.9 Å². The molecule has 0 saturated carbocycles. The van der Waals surface area contributed by atoms with Gasteiger partial charge >= 0.3 is 0 Å². The number of oxazole rings is 1. The van der Waals surface area contributed by atoms with E-state index in [-0.39, 0.29) is 11.8 Å². The van der Waals surface area contributed by atoms with E-state index in [1.165, 1.54) is 0 Å². The molecule has 0 aliphatic carbocycles. The van der Waals surface area contributed by atoms with Crippen LogP contribution < -0.4 is 14.8 Å². The van der Waals surface area contributed by atoms with Crippen LogP contribution in [0.3, 0.4) is 0 Å². The SMILES string of the molecule is CCOc1ccc(CCNC(=O)C2CCN(Cc3nc(-c4cccc(Br)c4)oc3C)CC2)cc1OCC. The predicted octanol–water partition coefficient (Wildman–Crippen LogP) is 5.78. The number of aryl methyl sites for hydroxylation is 1. The van der Waals surface area contributed by atoms with Gasteiger partial charge in [-0.15, -0.1) is 0 Å². The minimum absolute atomic E-state index is 0.0474. The number of benzene rings is 2. The molecule has 1 fully saturated rings. The van der Waals surface area contributed by atoms with Gasteiger partial charge in [0.1, 0.15) is 5.76 Å². The van der Waals surface area contributed by atoms with Crippen molar-refractivity contribution < 1.29 is 18.7 Å². The number of likely N-dealkylation sites (tertiary alicyclic amines) is 1. The Labute approximate surface area is 227 Å². The van der Waals surface area contributed by atoms with Crippen molar-refractivity contribution in [2.45, 2.75) is 46.6 Å². The largest absolute Gasteiger partial charge is 0.490 e. The molecule has 1 aromatic heterocycles. The Morgan fingerprint density at radius 3 is 2.59 bits per heavy atom. The molecule has 1 amide bonds. The molecule has 7 nitrogen and oxygen atoms in total. The van der Waals surface area contributed by atoms with Crippen LogP contribution in [0.1, 0.15) is 43.7 Å². The van der Waals surface area contributed by atoms with Crippen LogP contribution in [0.2, 0.25) is 0 Å². The topological polar surface area (TPSA) is 76.8 Å². The first-order valence-electron chi connectivity index (χ1n) is 13.1. The van der Waals surface area contributed by atoms with E-state index in [4.69, 9.17) is 18.9 Å². The summed E-state index contributed by atoms with van der Waals surface area (Å²) in [6.45, 7) is 10.1. The normalized spacial score (nSPS) is 14.5. The second-order valence-electron chi connectivity index (χ2n) is 9.27. The molecule has 1 aliphatic rings. The van der Waals surface area contributed by atoms with Crippen LogP contribution in [0.5, 0.6) is 11.5 Å². The number of carbonyl (C=O) groups excluding carboxylic acids is 1. The van der Waals surface area contributed by atoms with Crippen LogP contribution in [0, 0.1) is 12.8 Å². The lowest BCUT2D eigenvalue weighted by Gasteiger charge is -2.30. The lowest BCUT2D eigenvalue weighted by molar-refractivity contribution is -0.126. The highest BCUT2D eigenvalue weighted by Gasteiger charge is 2.26. The molecule has 0 spiro atoms. The van der Waals surface area contributed by atoms with Crippen LogP contribution in [0.15, 0.2) is 51.4 Å². The van der Waals surface area contributed by atoms with Crippen LogP contribution in [0.4, 0.5) is 0 Å². The molecular weight excluding hydrogens is 534 g/mol. The lowest BCUT2D eigenvalue weighted by atomic mass is 9.95. The standard InChI is InChI=1S/C29H36BrN3O4/c1-4-35-26-10-9-21(17-27(26)36-5-2)11-14-31-28(34)22-12-15-33(16-13-22)19-25-20(3)37-29(32-25)23-7-6-8-24(30)18-23/h6-10,17-18,22H,4-5,11-16,19H2,1-3H3,(H,31,34). The minimum atomic E-state index is 0.0474. The number of rotatable bonds is 11. The number of hydrogen-bond acceptors (Lipinski definition) is 6. The zero-order valence-electron chi connectivity index (χ0n) is 21.9. The van der Waals surface area contributed by atoms with Gasteiger partial charge in [-0.3, -0.25) is 9.69 Å². The molecule has 1 N–H and O–H groups in total. The molecule has 0 atom stereocenters. The Morgan fingerprint density at radius 1 is 1.11 bits per heavy atom. The molecule has 2 aromatic carbocycles. The first-order valence-corrected chi connectivity index (χ1v) is 13.9. The maximum Gasteiger partial charge on any atom is 0.226 e. The Balaban J connectivity index is 1.23. The van der Waals surface area contributed by atoms with Gasteiger partial charge in [0.15, 0.2) is 11.5 Å². The summed E-state index contributed by atoms with van der Waals surface area (Å²) in [6, 6.07) is 14.0. The highest BCUT2D eigenvalue weighted by molar-refractivity contribution is 9.10. The maximum atomic E-state index is 12.8. The second kappa shape index (κ2) is 13.1. The van der Waals surface area contributed by atoms with Crippen molar-refractivity contribution in [3.8, 4) is 23.0 Å². The van der Waals surface area contributed by atoms with Crippen molar-refractivity contribution in [3.05, 3.63) is 64.0 Å². The molecule has 8 heteroatoms. The van der Waals surface area contributed by atoms with Crippen molar-refractivity contribution in [1.29, 1.82) is 0 Å². The average molecular weight is 571 g/mol. The third-order valence-electron chi connectivity index (χ3n) is 6.62. The monoisotopic (exact) mass is 569 g/mol. The van der Waals surface area contributed by atoms with Gasteiger partial charge in [-0.1, -0.05) is 28.1 Å². The summed E-state index contributed by atoms with van der Waals surface area (Å²) in [5.41, 5.74) is 3.03. The third-order valence-corrected chi connectivity index (χ3v) is 7.11. The molecule has 1 saturated heterocycles. The Bertz CT molecular complexity index is 1190. The second-order valence-corrected chi connectivity index (χ2v) is 10.2. The number of nitrogens with one attached hydrogen (secondary N) is 1. The zero-order chi connectivity index (χ0) is 26.2. The molecule has 198 valence electrons. The maximum absolute atomic E-state index is 12.8. The van der Waals surface area contributed by atoms with Gasteiger partial charge in [-0.05, 0) is 89.0 Å². The van der Waals surface area contributed by atoms with Gasteiger partial charge in [0.05, 0.1) is 18.9 Å². The van der Waals surface area contributed by atoms with E-state index in [2.05, 4.69) is 26.1 Å². The molecule has 0 bridgehead atoms. The highest BCUT2D eigenvalue weighted by Crippen LogP contribution is 2.29. The fourth-order valence-electron chi connectivity index (χ4n) is 4.61. The van der Waals surface area contributed by atoms with Crippen molar-refractivity contribution >= 4 is 21.8 Å². The van der Waals surface area contributed by atoms with Crippen molar-refractivity contribution in [1.82, 2.24) is 15.2 Å². The van der Waals surface area contributed by atoms with Crippen molar-refractivity contribution in [2.75, 3.05) is 32.8 Å². The quantitative estimate of drug-likeness (QED) is 0.315. The summed E-state index contributed by atoms with van der Waals surface area (Å²) in [6.07, 6.45) is 2.44. The van der Waals surface area contributed by atoms with Crippen LogP contribution in [0.25, 0.3) is 11.5 Å². The van der Waals surface area contributed by atoms with Gasteiger partial charge in [0, 0.05) is 29.0 Å². The summed E-state index contributed by atoms with van der Waals surface area (Å²) in [7, 11) is 0. The summed E-state index contributed by atoms with van der Waals surface area (Å²) < 4.78 is 18.3. The summed E-state index contributed by atoms with van der Waals surface area (Å²) in [5.74, 6) is 3.19. The van der Waals surface area contributed by atoms with E-state index in [0.29, 0.717) is 25.6 Å². The van der Waals surface area contributed by atoms with Crippen LogP contribution in [-0.2, 0) is 17.8 Å². The minimum Gasteiger partial charge on any atom is -0.490 e. The molecule has 0 unspecified atom stereocenters. The molecule has 1 aliphatic heterocycles. The fraction of sp³-hybridized carbons (Fsp3) is 0.448. The summed E-state index contributed by atoms with van der Waals surface area (Å²) in [4.78, 5) is 19.9. The lowest BCUT2D eigenvalue weighted by Crippen LogP contribution is -2.40. The van der Waals surface area contributed by atoms with Crippen molar-refractivity contribution in [3.63, 3.8) is 0 Å². The number of halogens is 1. The average Bonchev–Trinajstić information content (AvgIpc) is 3.26. The Hall–Kier alpha value is -2.84. The molecule has 37 heavy (non-hydrogen) atoms. The van der Waals surface area contributed by atoms with Gasteiger partial charge in [0.25, 0.3) is 0 Å². The number of ether oxygens (including phenoxy) is 2. The number of amides is 1. The summed E-state index contributed by atoms with van der Waals surface area (Å²) >= 11 is 3.51. The van der Waals surface area contributed by atoms with E-state index < -0.39 is 0 Å². The Kier molecular flexibility index (Phi) is 9.63. The third kappa shape index (κ3) is 7.36. The van der Waals surface area contributed by atoms with E-state index in [0.717, 1.165) is 77.4 Å². The van der Waals surface area contributed by atoms with Gasteiger partial charge in [-0.25, -0.2) is 4.98 Å². The van der Waals surface area contributed by atoms with E-state index in [1.807, 2.05) is 63.2 Å². The highest BCUT2D eigenvalue weighted by atomic mass is 79.9. The molecule has 4 rings (SSSR count). The number of nitrogens with zero attached hydrogens (tertiary/aromatic N) is 2. The van der Waals surface area contributed by atoms with E-state index in [9.17, 15) is 4.79 Å². The smallest absolute Gasteiger partial charge is 0.226 e. The number of piperidine rings is 1. The van der Waals surface area contributed by atoms with Gasteiger partial charge < -0.3 is 19.2 Å². The van der Waals surface area contributed by atoms with Gasteiger partial charge in [-0.2, -0.15) is 0 Å². The molecular formula is C29H36BrN3O4. The number of aromatic nitrogens is 1. The van der Waals surface area contributed by atoms with E-state index in [1.54, 1.807) is 0 Å². The molecule has 0 radical (unpaired) electrons. The predicted molar refractivity (Wildman–Crippen MR) is 148 cm³/mol. The Morgan fingerprint density at radius 2 is 1.86 bits per heavy atom. The molecule has 3 aromatic rings.